The molecule has 5 rings (SSSR count). The summed E-state index contributed by atoms with van der Waals surface area (Å²) in [6, 6.07) is 15.4. The topological polar surface area (TPSA) is 69.7 Å². The van der Waals surface area contributed by atoms with E-state index in [4.69, 9.17) is 0 Å². The number of hydrogen-bond donors (Lipinski definition) is 1. The summed E-state index contributed by atoms with van der Waals surface area (Å²) in [6.07, 6.45) is 3.59. The normalized spacial score (nSPS) is 23.0. The van der Waals surface area contributed by atoms with Crippen molar-refractivity contribution in [3.05, 3.63) is 65.2 Å². The van der Waals surface area contributed by atoms with Gasteiger partial charge in [-0.15, -0.1) is 0 Å². The molecular formula is C23H23N3O3. The minimum Gasteiger partial charge on any atom is -0.323 e. The van der Waals surface area contributed by atoms with E-state index in [1.807, 2.05) is 42.5 Å². The van der Waals surface area contributed by atoms with Crippen molar-refractivity contribution in [2.45, 2.75) is 37.6 Å². The second kappa shape index (κ2) is 6.72. The van der Waals surface area contributed by atoms with Crippen LogP contribution in [0.15, 0.2) is 48.5 Å². The van der Waals surface area contributed by atoms with Crippen LogP contribution in [0.2, 0.25) is 0 Å². The third-order valence-electron chi connectivity index (χ3n) is 6.38. The van der Waals surface area contributed by atoms with Gasteiger partial charge in [-0.1, -0.05) is 42.5 Å². The van der Waals surface area contributed by atoms with Crippen LogP contribution in [0.3, 0.4) is 0 Å². The molecule has 2 aromatic rings. The lowest BCUT2D eigenvalue weighted by Crippen LogP contribution is -2.51. The van der Waals surface area contributed by atoms with Crippen LogP contribution in [0.1, 0.15) is 29.5 Å². The number of aryl methyl sites for hydroxylation is 2. The van der Waals surface area contributed by atoms with Crippen molar-refractivity contribution in [2.24, 2.45) is 0 Å². The summed E-state index contributed by atoms with van der Waals surface area (Å²) < 4.78 is 0. The van der Waals surface area contributed by atoms with E-state index in [0.29, 0.717) is 19.4 Å². The zero-order chi connectivity index (χ0) is 20.0. The van der Waals surface area contributed by atoms with Crippen LogP contribution in [0, 0.1) is 0 Å². The third kappa shape index (κ3) is 2.90. The average molecular weight is 389 g/mol. The number of urea groups is 1. The molecule has 148 valence electrons. The lowest BCUT2D eigenvalue weighted by Gasteiger charge is -2.33. The van der Waals surface area contributed by atoms with E-state index in [9.17, 15) is 14.4 Å². The van der Waals surface area contributed by atoms with Gasteiger partial charge in [0.05, 0.1) is 0 Å². The molecule has 0 bridgehead atoms. The van der Waals surface area contributed by atoms with Crippen LogP contribution in [-0.4, -0.2) is 41.4 Å². The number of nitrogens with one attached hydrogen (secondary N) is 1. The first-order valence-electron chi connectivity index (χ1n) is 10.2. The fraction of sp³-hybridized carbons (Fsp3) is 0.348. The molecule has 1 saturated heterocycles. The van der Waals surface area contributed by atoms with Crippen molar-refractivity contribution in [1.82, 2.24) is 10.2 Å². The van der Waals surface area contributed by atoms with Crippen molar-refractivity contribution in [1.29, 1.82) is 0 Å². The van der Waals surface area contributed by atoms with Crippen molar-refractivity contribution in [2.75, 3.05) is 18.0 Å². The van der Waals surface area contributed by atoms with Gasteiger partial charge < -0.3 is 10.2 Å². The predicted octanol–water partition coefficient (Wildman–Crippen LogP) is 2.45. The summed E-state index contributed by atoms with van der Waals surface area (Å²) in [7, 11) is 0. The quantitative estimate of drug-likeness (QED) is 0.802. The Morgan fingerprint density at radius 2 is 1.69 bits per heavy atom. The van der Waals surface area contributed by atoms with Crippen molar-refractivity contribution < 1.29 is 14.4 Å². The lowest BCUT2D eigenvalue weighted by atomic mass is 9.78. The van der Waals surface area contributed by atoms with Gasteiger partial charge in [-0.2, -0.15) is 0 Å². The number of nitrogens with zero attached hydrogens (tertiary/aromatic N) is 2. The Labute approximate surface area is 169 Å². The van der Waals surface area contributed by atoms with E-state index in [0.717, 1.165) is 41.0 Å². The fourth-order valence-electron chi connectivity index (χ4n) is 4.86. The highest BCUT2D eigenvalue weighted by Gasteiger charge is 2.52. The monoisotopic (exact) mass is 389 g/mol. The van der Waals surface area contributed by atoms with E-state index in [1.165, 1.54) is 5.56 Å². The Kier molecular flexibility index (Phi) is 4.15. The van der Waals surface area contributed by atoms with Crippen LogP contribution < -0.4 is 10.2 Å². The van der Waals surface area contributed by atoms with Crippen LogP contribution in [0.4, 0.5) is 10.5 Å². The second-order valence-electron chi connectivity index (χ2n) is 8.13. The Morgan fingerprint density at radius 1 is 0.966 bits per heavy atom. The van der Waals surface area contributed by atoms with E-state index in [-0.39, 0.29) is 18.4 Å². The van der Waals surface area contributed by atoms with Crippen LogP contribution in [0.5, 0.6) is 0 Å². The summed E-state index contributed by atoms with van der Waals surface area (Å²) >= 11 is 0. The summed E-state index contributed by atoms with van der Waals surface area (Å²) in [4.78, 5) is 41.7. The number of benzene rings is 2. The van der Waals surface area contributed by atoms with Crippen LogP contribution in [-0.2, 0) is 28.9 Å². The molecule has 1 aliphatic carbocycles. The third-order valence-corrected chi connectivity index (χ3v) is 6.38. The van der Waals surface area contributed by atoms with E-state index in [1.54, 1.807) is 4.90 Å². The van der Waals surface area contributed by atoms with E-state index >= 15 is 0 Å². The maximum Gasteiger partial charge on any atom is 0.325 e. The lowest BCUT2D eigenvalue weighted by molar-refractivity contribution is -0.134. The zero-order valence-corrected chi connectivity index (χ0v) is 16.2. The molecule has 0 radical (unpaired) electrons. The minimum atomic E-state index is -0.925. The highest BCUT2D eigenvalue weighted by Crippen LogP contribution is 2.34. The number of anilines is 1. The molecule has 29 heavy (non-hydrogen) atoms. The van der Waals surface area contributed by atoms with Gasteiger partial charge in [0.1, 0.15) is 12.1 Å². The highest BCUT2D eigenvalue weighted by molar-refractivity contribution is 6.10. The van der Waals surface area contributed by atoms with E-state index < -0.39 is 11.6 Å². The molecule has 0 saturated carbocycles. The number of hydrogen-bond acceptors (Lipinski definition) is 3. The number of rotatable bonds is 2. The molecule has 1 N–H and O–H groups in total. The predicted molar refractivity (Wildman–Crippen MR) is 109 cm³/mol. The summed E-state index contributed by atoms with van der Waals surface area (Å²) in [5.74, 6) is -0.496. The van der Waals surface area contributed by atoms with Gasteiger partial charge in [-0.3, -0.25) is 14.5 Å². The number of carbonyl (C=O) groups is 3. The molecule has 2 aliphatic heterocycles. The Hall–Kier alpha value is -3.15. The zero-order valence-electron chi connectivity index (χ0n) is 16.2. The molecular weight excluding hydrogens is 366 g/mol. The maximum atomic E-state index is 13.2. The molecule has 6 heteroatoms. The minimum absolute atomic E-state index is 0.214. The number of amides is 4. The fourth-order valence-corrected chi connectivity index (χ4v) is 4.86. The van der Waals surface area contributed by atoms with Gasteiger partial charge in [0.15, 0.2) is 0 Å². The highest BCUT2D eigenvalue weighted by atomic mass is 16.2. The molecule has 1 unspecified atom stereocenters. The molecule has 1 fully saturated rings. The number of imide groups is 1. The first kappa shape index (κ1) is 17.9. The van der Waals surface area contributed by atoms with Gasteiger partial charge >= 0.3 is 6.03 Å². The molecule has 1 spiro atoms. The van der Waals surface area contributed by atoms with Crippen LogP contribution >= 0.6 is 0 Å². The molecule has 6 nitrogen and oxygen atoms in total. The van der Waals surface area contributed by atoms with Crippen molar-refractivity contribution in [3.8, 4) is 0 Å². The molecule has 2 heterocycles. The summed E-state index contributed by atoms with van der Waals surface area (Å²) in [5, 5.41) is 2.90. The first-order chi connectivity index (χ1) is 14.1. The molecule has 0 aromatic heterocycles. The number of para-hydroxylation sites is 1. The second-order valence-corrected chi connectivity index (χ2v) is 8.13. The van der Waals surface area contributed by atoms with Gasteiger partial charge in [-0.25, -0.2) is 4.79 Å². The number of carbonyl (C=O) groups excluding carboxylic acids is 3. The van der Waals surface area contributed by atoms with Gasteiger partial charge in [-0.05, 0) is 48.4 Å². The smallest absolute Gasteiger partial charge is 0.323 e. The SMILES string of the molecule is O=C1NC2(CCc3ccccc3C2)C(=O)N1CC(=O)N1CCCc2ccccc21. The molecule has 4 amide bonds. The molecule has 1 atom stereocenters. The molecule has 2 aromatic carbocycles. The summed E-state index contributed by atoms with van der Waals surface area (Å²) in [6.45, 7) is 0.389. The van der Waals surface area contributed by atoms with Crippen molar-refractivity contribution >= 4 is 23.5 Å². The Balaban J connectivity index is 1.36. The van der Waals surface area contributed by atoms with E-state index in [2.05, 4.69) is 11.4 Å². The van der Waals surface area contributed by atoms with Gasteiger partial charge in [0.2, 0.25) is 5.91 Å². The molecule has 3 aliphatic rings. The van der Waals surface area contributed by atoms with Gasteiger partial charge in [0.25, 0.3) is 5.91 Å². The van der Waals surface area contributed by atoms with Crippen molar-refractivity contribution in [3.63, 3.8) is 0 Å². The summed E-state index contributed by atoms with van der Waals surface area (Å²) in [5.41, 5.74) is 3.40. The van der Waals surface area contributed by atoms with Crippen LogP contribution in [0.25, 0.3) is 0 Å². The first-order valence-corrected chi connectivity index (χ1v) is 10.2. The standard InChI is InChI=1S/C23H23N3O3/c27-20(25-13-5-9-17-7-3-4-10-19(17)25)15-26-21(28)23(24-22(26)29)12-11-16-6-1-2-8-18(16)14-23/h1-4,6-8,10H,5,9,11-15H2,(H,24,29). The largest absolute Gasteiger partial charge is 0.325 e. The Morgan fingerprint density at radius 3 is 2.52 bits per heavy atom. The average Bonchev–Trinajstić information content (AvgIpc) is 2.97. The number of fused-ring (bicyclic) bond motifs is 2. The Bertz CT molecular complexity index is 1020. The maximum absolute atomic E-state index is 13.2. The van der Waals surface area contributed by atoms with Gasteiger partial charge in [0, 0.05) is 18.7 Å².